The summed E-state index contributed by atoms with van der Waals surface area (Å²) in [7, 11) is 0. The third-order valence-corrected chi connectivity index (χ3v) is 4.95. The zero-order chi connectivity index (χ0) is 13.7. The lowest BCUT2D eigenvalue weighted by Gasteiger charge is -2.40. The topological polar surface area (TPSA) is 52.6 Å². The van der Waals surface area contributed by atoms with Gasteiger partial charge in [-0.15, -0.1) is 0 Å². The van der Waals surface area contributed by atoms with E-state index in [0.29, 0.717) is 6.54 Å². The number of carbonyl (C=O) groups excluding carboxylic acids is 1. The molecule has 0 unspecified atom stereocenters. The Hall–Kier alpha value is -1.07. The van der Waals surface area contributed by atoms with E-state index < -0.39 is 0 Å². The van der Waals surface area contributed by atoms with Crippen molar-refractivity contribution in [3.05, 3.63) is 22.4 Å². The first-order valence-electron chi connectivity index (χ1n) is 6.84. The Kier molecular flexibility index (Phi) is 4.82. The lowest BCUT2D eigenvalue weighted by atomic mass is 9.77. The van der Waals surface area contributed by atoms with Crippen LogP contribution in [0.4, 0.5) is 4.79 Å². The standard InChI is InChI=1S/C14H22N2O2S/c1-2-14(11-17)4-6-16(7-5-14)13(18)15-9-12-3-8-19-10-12/h3,8,10,17H,2,4-7,9,11H2,1H3,(H,15,18). The zero-order valence-corrected chi connectivity index (χ0v) is 12.2. The summed E-state index contributed by atoms with van der Waals surface area (Å²) in [5.74, 6) is 0. The molecule has 106 valence electrons. The van der Waals surface area contributed by atoms with Gasteiger partial charge in [-0.1, -0.05) is 6.92 Å². The molecule has 0 radical (unpaired) electrons. The van der Waals surface area contributed by atoms with E-state index in [0.717, 1.165) is 37.9 Å². The summed E-state index contributed by atoms with van der Waals surface area (Å²) in [4.78, 5) is 13.9. The summed E-state index contributed by atoms with van der Waals surface area (Å²) in [6.45, 7) is 4.42. The van der Waals surface area contributed by atoms with E-state index in [2.05, 4.69) is 12.2 Å². The van der Waals surface area contributed by atoms with E-state index in [9.17, 15) is 9.90 Å². The van der Waals surface area contributed by atoms with Gasteiger partial charge >= 0.3 is 6.03 Å². The fraction of sp³-hybridized carbons (Fsp3) is 0.643. The molecule has 0 aliphatic carbocycles. The van der Waals surface area contributed by atoms with Crippen LogP contribution in [0.5, 0.6) is 0 Å². The minimum absolute atomic E-state index is 0.00819. The lowest BCUT2D eigenvalue weighted by Crippen LogP contribution is -2.48. The van der Waals surface area contributed by atoms with Gasteiger partial charge in [-0.05, 0) is 47.1 Å². The van der Waals surface area contributed by atoms with Gasteiger partial charge in [0.25, 0.3) is 0 Å². The van der Waals surface area contributed by atoms with E-state index in [1.165, 1.54) is 0 Å². The van der Waals surface area contributed by atoms with E-state index >= 15 is 0 Å². The number of nitrogens with zero attached hydrogens (tertiary/aromatic N) is 1. The van der Waals surface area contributed by atoms with Crippen LogP contribution in [0.1, 0.15) is 31.7 Å². The summed E-state index contributed by atoms with van der Waals surface area (Å²) < 4.78 is 0. The van der Waals surface area contributed by atoms with Gasteiger partial charge in [-0.2, -0.15) is 11.3 Å². The first-order valence-corrected chi connectivity index (χ1v) is 7.78. The van der Waals surface area contributed by atoms with E-state index in [4.69, 9.17) is 0 Å². The van der Waals surface area contributed by atoms with Crippen molar-refractivity contribution in [3.8, 4) is 0 Å². The molecule has 5 heteroatoms. The Balaban J connectivity index is 1.79. The highest BCUT2D eigenvalue weighted by molar-refractivity contribution is 7.07. The van der Waals surface area contributed by atoms with Crippen molar-refractivity contribution in [2.75, 3.05) is 19.7 Å². The van der Waals surface area contributed by atoms with E-state index in [1.54, 1.807) is 11.3 Å². The molecule has 0 spiro atoms. The van der Waals surface area contributed by atoms with Crippen molar-refractivity contribution < 1.29 is 9.90 Å². The molecule has 1 aromatic rings. The quantitative estimate of drug-likeness (QED) is 0.891. The van der Waals surface area contributed by atoms with Gasteiger partial charge < -0.3 is 15.3 Å². The van der Waals surface area contributed by atoms with Crippen LogP contribution in [0.2, 0.25) is 0 Å². The second-order valence-corrected chi connectivity index (χ2v) is 6.07. The maximum absolute atomic E-state index is 12.0. The Bertz CT molecular complexity index is 392. The first kappa shape index (κ1) is 14.3. The minimum Gasteiger partial charge on any atom is -0.396 e. The third kappa shape index (κ3) is 3.48. The first-order chi connectivity index (χ1) is 9.19. The van der Waals surface area contributed by atoms with Gasteiger partial charge in [-0.3, -0.25) is 0 Å². The summed E-state index contributed by atoms with van der Waals surface area (Å²) in [6, 6.07) is 2.03. The van der Waals surface area contributed by atoms with Crippen molar-refractivity contribution in [1.82, 2.24) is 10.2 Å². The van der Waals surface area contributed by atoms with Crippen LogP contribution >= 0.6 is 11.3 Å². The fourth-order valence-corrected chi connectivity index (χ4v) is 3.16. The lowest BCUT2D eigenvalue weighted by molar-refractivity contribution is 0.0519. The smallest absolute Gasteiger partial charge is 0.317 e. The SMILES string of the molecule is CCC1(CO)CCN(C(=O)NCc2ccsc2)CC1. The molecule has 0 bridgehead atoms. The molecule has 1 saturated heterocycles. The number of piperidine rings is 1. The molecule has 19 heavy (non-hydrogen) atoms. The van der Waals surface area contributed by atoms with Crippen LogP contribution in [0.25, 0.3) is 0 Å². The van der Waals surface area contributed by atoms with Crippen molar-refractivity contribution in [2.45, 2.75) is 32.7 Å². The largest absolute Gasteiger partial charge is 0.396 e. The molecule has 0 saturated carbocycles. The number of urea groups is 1. The molecule has 0 aromatic carbocycles. The molecule has 2 heterocycles. The van der Waals surface area contributed by atoms with E-state index in [1.807, 2.05) is 21.7 Å². The van der Waals surface area contributed by atoms with Crippen LogP contribution in [0.3, 0.4) is 0 Å². The summed E-state index contributed by atoms with van der Waals surface area (Å²) >= 11 is 1.64. The van der Waals surface area contributed by atoms with Gasteiger partial charge in [0.2, 0.25) is 0 Å². The van der Waals surface area contributed by atoms with Crippen LogP contribution in [0.15, 0.2) is 16.8 Å². The van der Waals surface area contributed by atoms with Gasteiger partial charge in [0, 0.05) is 26.2 Å². The number of aliphatic hydroxyl groups excluding tert-OH is 1. The predicted octanol–water partition coefficient (Wildman–Crippen LogP) is 2.44. The number of aliphatic hydroxyl groups is 1. The second-order valence-electron chi connectivity index (χ2n) is 5.29. The summed E-state index contributed by atoms with van der Waals surface area (Å²) in [5.41, 5.74) is 1.18. The average Bonchev–Trinajstić information content (AvgIpc) is 2.98. The Morgan fingerprint density at radius 2 is 2.26 bits per heavy atom. The number of carbonyl (C=O) groups is 1. The summed E-state index contributed by atoms with van der Waals surface area (Å²) in [5, 5.41) is 16.5. The highest BCUT2D eigenvalue weighted by atomic mass is 32.1. The molecular weight excluding hydrogens is 260 g/mol. The summed E-state index contributed by atoms with van der Waals surface area (Å²) in [6.07, 6.45) is 2.77. The van der Waals surface area contributed by atoms with Gasteiger partial charge in [0.15, 0.2) is 0 Å². The number of thiophene rings is 1. The number of hydrogen-bond donors (Lipinski definition) is 2. The van der Waals surface area contributed by atoms with Crippen LogP contribution in [-0.4, -0.2) is 35.7 Å². The zero-order valence-electron chi connectivity index (χ0n) is 11.4. The minimum atomic E-state index is 0.00819. The molecule has 2 rings (SSSR count). The molecule has 2 N–H and O–H groups in total. The van der Waals surface area contributed by atoms with Crippen LogP contribution in [0, 0.1) is 5.41 Å². The van der Waals surface area contributed by atoms with Crippen LogP contribution in [-0.2, 0) is 6.54 Å². The highest BCUT2D eigenvalue weighted by Gasteiger charge is 2.33. The number of nitrogens with one attached hydrogen (secondary N) is 1. The maximum Gasteiger partial charge on any atom is 0.317 e. The van der Waals surface area contributed by atoms with Crippen LogP contribution < -0.4 is 5.32 Å². The second kappa shape index (κ2) is 6.39. The number of rotatable bonds is 4. The Labute approximate surface area is 118 Å². The maximum atomic E-state index is 12.0. The van der Waals surface area contributed by atoms with Crippen molar-refractivity contribution in [1.29, 1.82) is 0 Å². The molecule has 4 nitrogen and oxygen atoms in total. The molecule has 2 amide bonds. The van der Waals surface area contributed by atoms with E-state index in [-0.39, 0.29) is 18.1 Å². The molecule has 1 fully saturated rings. The predicted molar refractivity (Wildman–Crippen MR) is 77.2 cm³/mol. The van der Waals surface area contributed by atoms with Crippen molar-refractivity contribution in [2.24, 2.45) is 5.41 Å². The average molecular weight is 282 g/mol. The molecule has 1 aliphatic rings. The molecule has 0 atom stereocenters. The monoisotopic (exact) mass is 282 g/mol. The van der Waals surface area contributed by atoms with Crippen molar-refractivity contribution in [3.63, 3.8) is 0 Å². The van der Waals surface area contributed by atoms with Gasteiger partial charge in [0.1, 0.15) is 0 Å². The third-order valence-electron chi connectivity index (χ3n) is 4.22. The fourth-order valence-electron chi connectivity index (χ4n) is 2.49. The number of amides is 2. The highest BCUT2D eigenvalue weighted by Crippen LogP contribution is 2.34. The molecule has 1 aromatic heterocycles. The molecule has 1 aliphatic heterocycles. The Morgan fingerprint density at radius 3 is 2.79 bits per heavy atom. The number of hydrogen-bond acceptors (Lipinski definition) is 3. The van der Waals surface area contributed by atoms with Gasteiger partial charge in [-0.25, -0.2) is 4.79 Å². The molecular formula is C14H22N2O2S. The Morgan fingerprint density at radius 1 is 1.53 bits per heavy atom. The van der Waals surface area contributed by atoms with Crippen molar-refractivity contribution >= 4 is 17.4 Å². The normalized spacial score (nSPS) is 18.3. The number of likely N-dealkylation sites (tertiary alicyclic amines) is 1. The van der Waals surface area contributed by atoms with Gasteiger partial charge in [0.05, 0.1) is 0 Å².